The van der Waals surface area contributed by atoms with Crippen molar-refractivity contribution in [3.8, 4) is 0 Å². The number of aliphatic carboxylic acids is 1. The third-order valence-corrected chi connectivity index (χ3v) is 10.0. The molecule has 1 aliphatic heterocycles. The maximum atomic E-state index is 12.8. The number of hydrogen-bond donors (Lipinski definition) is 3. The number of amides is 1. The second kappa shape index (κ2) is 20.9. The van der Waals surface area contributed by atoms with E-state index in [1.807, 2.05) is 13.0 Å². The highest BCUT2D eigenvalue weighted by Gasteiger charge is 2.47. The van der Waals surface area contributed by atoms with Gasteiger partial charge in [0.05, 0.1) is 12.2 Å². The molecule has 2 aliphatic rings. The topological polar surface area (TPSA) is 151 Å². The van der Waals surface area contributed by atoms with E-state index in [1.54, 1.807) is 7.11 Å². The van der Waals surface area contributed by atoms with E-state index in [1.165, 1.54) is 32.4 Å². The van der Waals surface area contributed by atoms with Gasteiger partial charge in [0.25, 0.3) is 11.7 Å². The largest absolute Gasteiger partial charge is 0.480 e. The molecular formula is C37H61NO9. The highest BCUT2D eigenvalue weighted by molar-refractivity contribution is 6.39. The van der Waals surface area contributed by atoms with Crippen LogP contribution >= 0.6 is 0 Å². The van der Waals surface area contributed by atoms with Crippen LogP contribution in [0.4, 0.5) is 0 Å². The van der Waals surface area contributed by atoms with Crippen molar-refractivity contribution in [2.24, 2.45) is 11.8 Å². The van der Waals surface area contributed by atoms with Crippen molar-refractivity contribution in [3.05, 3.63) is 23.3 Å². The van der Waals surface area contributed by atoms with E-state index >= 15 is 0 Å². The summed E-state index contributed by atoms with van der Waals surface area (Å²) in [7, 11) is 3.32. The number of Topliss-reactive ketones (excluding diaryl/α,β-unsaturated/α-hetero) is 2. The zero-order chi connectivity index (χ0) is 35.0. The summed E-state index contributed by atoms with van der Waals surface area (Å²) in [6.07, 6.45) is 17.9. The smallest absolute Gasteiger partial charge is 0.326 e. The van der Waals surface area contributed by atoms with Crippen LogP contribution in [0, 0.1) is 11.8 Å². The SMILES string of the molecule is CO[C@H](CCCC/C(C)=C/CC(=O)CCCC/C(C)=C/[C@@H]1CCC[C@H](OC)C1)C[C@@H](C)C(O)(O)C(=O)C(=O)N1CCCC[C@H]1C(=O)O. The molecule has 3 N–H and O–H groups in total. The van der Waals surface area contributed by atoms with Crippen LogP contribution in [-0.4, -0.2) is 88.5 Å². The Morgan fingerprint density at radius 3 is 2.28 bits per heavy atom. The van der Waals surface area contributed by atoms with E-state index in [2.05, 4.69) is 13.0 Å². The molecule has 0 radical (unpaired) electrons. The van der Waals surface area contributed by atoms with Gasteiger partial charge >= 0.3 is 5.97 Å². The number of aliphatic hydroxyl groups is 2. The second-order valence-electron chi connectivity index (χ2n) is 13.9. The van der Waals surface area contributed by atoms with Gasteiger partial charge in [-0.3, -0.25) is 14.4 Å². The zero-order valence-corrected chi connectivity index (χ0v) is 29.5. The highest BCUT2D eigenvalue weighted by atomic mass is 16.5. The van der Waals surface area contributed by atoms with Crippen LogP contribution in [0.1, 0.15) is 130 Å². The maximum Gasteiger partial charge on any atom is 0.326 e. The lowest BCUT2D eigenvalue weighted by Crippen LogP contribution is -2.57. The van der Waals surface area contributed by atoms with Crippen LogP contribution in [0.2, 0.25) is 0 Å². The minimum atomic E-state index is -2.93. The number of methoxy groups -OCH3 is 2. The first kappa shape index (κ1) is 40.8. The summed E-state index contributed by atoms with van der Waals surface area (Å²) in [5.74, 6) is -6.87. The minimum Gasteiger partial charge on any atom is -0.480 e. The normalized spacial score (nSPS) is 22.5. The summed E-state index contributed by atoms with van der Waals surface area (Å²) >= 11 is 0. The van der Waals surface area contributed by atoms with E-state index < -0.39 is 35.4 Å². The molecule has 1 saturated carbocycles. The van der Waals surface area contributed by atoms with Crippen LogP contribution < -0.4 is 0 Å². The molecular weight excluding hydrogens is 602 g/mol. The summed E-state index contributed by atoms with van der Waals surface area (Å²) in [4.78, 5) is 50.5. The van der Waals surface area contributed by atoms with Crippen LogP contribution in [-0.2, 0) is 28.7 Å². The molecule has 1 amide bonds. The highest BCUT2D eigenvalue weighted by Crippen LogP contribution is 2.29. The van der Waals surface area contributed by atoms with Gasteiger partial charge in [0.1, 0.15) is 11.8 Å². The molecule has 1 aliphatic carbocycles. The molecule has 0 aromatic rings. The Balaban J connectivity index is 1.67. The molecule has 0 aromatic heterocycles. The molecule has 47 heavy (non-hydrogen) atoms. The standard InChI is InChI=1S/C37H61NO9/c1-26(20-21-30(39)16-8-6-14-27(2)23-29-15-12-18-32(25-29)47-5)13-7-9-17-31(46-4)24-28(3)37(44,45)34(40)35(41)38-22-11-10-19-33(38)36(42)43/h20,23,28-29,31-33,44-45H,6-19,21-22,24-25H2,1-5H3,(H,42,43)/b26-20+,27-23+/t28-,29+,31-,32+,33+/m1/s1. The summed E-state index contributed by atoms with van der Waals surface area (Å²) in [5.41, 5.74) is 2.58. The van der Waals surface area contributed by atoms with Crippen molar-refractivity contribution < 1.29 is 44.0 Å². The molecule has 0 unspecified atom stereocenters. The molecule has 268 valence electrons. The Hall–Kier alpha value is -2.40. The van der Waals surface area contributed by atoms with Gasteiger partial charge in [0, 0.05) is 39.5 Å². The van der Waals surface area contributed by atoms with Crippen LogP contribution in [0.25, 0.3) is 0 Å². The predicted molar refractivity (Wildman–Crippen MR) is 181 cm³/mol. The number of hydrogen-bond acceptors (Lipinski definition) is 8. The molecule has 0 aromatic carbocycles. The summed E-state index contributed by atoms with van der Waals surface area (Å²) in [6.45, 7) is 5.79. The molecule has 1 heterocycles. The monoisotopic (exact) mass is 663 g/mol. The van der Waals surface area contributed by atoms with Gasteiger partial charge in [-0.1, -0.05) is 43.1 Å². The van der Waals surface area contributed by atoms with Gasteiger partial charge in [-0.2, -0.15) is 0 Å². The van der Waals surface area contributed by atoms with Gasteiger partial charge < -0.3 is 29.7 Å². The molecule has 0 spiro atoms. The van der Waals surface area contributed by atoms with Gasteiger partial charge in [-0.25, -0.2) is 4.79 Å². The fourth-order valence-electron chi connectivity index (χ4n) is 6.86. The first-order chi connectivity index (χ1) is 22.3. The second-order valence-corrected chi connectivity index (χ2v) is 13.9. The van der Waals surface area contributed by atoms with E-state index in [0.717, 1.165) is 61.8 Å². The Bertz CT molecular complexity index is 1080. The molecule has 10 heteroatoms. The number of unbranched alkanes of at least 4 members (excludes halogenated alkanes) is 2. The van der Waals surface area contributed by atoms with Gasteiger partial charge in [-0.05, 0) is 103 Å². The van der Waals surface area contributed by atoms with E-state index in [-0.39, 0.29) is 31.3 Å². The third-order valence-electron chi connectivity index (χ3n) is 10.0. The number of piperidine rings is 1. The summed E-state index contributed by atoms with van der Waals surface area (Å²) < 4.78 is 11.1. The fourth-order valence-corrected chi connectivity index (χ4v) is 6.86. The number of ether oxygens (including phenoxy) is 2. The van der Waals surface area contributed by atoms with Crippen LogP contribution in [0.15, 0.2) is 23.3 Å². The Labute approximate surface area is 282 Å². The van der Waals surface area contributed by atoms with E-state index in [0.29, 0.717) is 44.1 Å². The van der Waals surface area contributed by atoms with E-state index in [4.69, 9.17) is 9.47 Å². The van der Waals surface area contributed by atoms with Crippen molar-refractivity contribution in [1.29, 1.82) is 0 Å². The zero-order valence-electron chi connectivity index (χ0n) is 29.5. The molecule has 2 fully saturated rings. The predicted octanol–water partition coefficient (Wildman–Crippen LogP) is 5.92. The number of ketones is 2. The van der Waals surface area contributed by atoms with Gasteiger partial charge in [-0.15, -0.1) is 0 Å². The van der Waals surface area contributed by atoms with Crippen molar-refractivity contribution in [1.82, 2.24) is 4.90 Å². The number of nitrogens with zero attached hydrogens (tertiary/aromatic N) is 1. The Morgan fingerprint density at radius 1 is 0.915 bits per heavy atom. The molecule has 5 atom stereocenters. The van der Waals surface area contributed by atoms with Gasteiger partial charge in [0.2, 0.25) is 5.79 Å². The number of carboxylic acid groups (broad SMARTS) is 1. The lowest BCUT2D eigenvalue weighted by atomic mass is 9.85. The fraction of sp³-hybridized carbons (Fsp3) is 0.784. The van der Waals surface area contributed by atoms with Crippen molar-refractivity contribution >= 4 is 23.4 Å². The van der Waals surface area contributed by atoms with E-state index in [9.17, 15) is 34.5 Å². The summed E-state index contributed by atoms with van der Waals surface area (Å²) in [6, 6.07) is -1.15. The molecule has 1 saturated heterocycles. The molecule has 2 rings (SSSR count). The Morgan fingerprint density at radius 2 is 1.60 bits per heavy atom. The van der Waals surface area contributed by atoms with Crippen molar-refractivity contribution in [2.45, 2.75) is 154 Å². The van der Waals surface area contributed by atoms with Crippen molar-refractivity contribution in [3.63, 3.8) is 0 Å². The Kier molecular flexibility index (Phi) is 18.1. The minimum absolute atomic E-state index is 0.0865. The quantitative estimate of drug-likeness (QED) is 0.0588. The lowest BCUT2D eigenvalue weighted by molar-refractivity contribution is -0.207. The number of carboxylic acids is 1. The molecule has 0 bridgehead atoms. The number of allylic oxidation sites excluding steroid dienone is 4. The van der Waals surface area contributed by atoms with Gasteiger partial charge in [0.15, 0.2) is 0 Å². The summed E-state index contributed by atoms with van der Waals surface area (Å²) in [5, 5.41) is 30.7. The van der Waals surface area contributed by atoms with Crippen LogP contribution in [0.3, 0.4) is 0 Å². The number of likely N-dealkylation sites (tertiary alicyclic amines) is 1. The van der Waals surface area contributed by atoms with Crippen LogP contribution in [0.5, 0.6) is 0 Å². The number of carbonyl (C=O) groups is 4. The first-order valence-electron chi connectivity index (χ1n) is 17.7. The number of rotatable bonds is 21. The third kappa shape index (κ3) is 13.9. The van der Waals surface area contributed by atoms with Crippen molar-refractivity contribution in [2.75, 3.05) is 20.8 Å². The average Bonchev–Trinajstić information content (AvgIpc) is 3.06. The molecule has 10 nitrogen and oxygen atoms in total. The average molecular weight is 664 g/mol. The lowest BCUT2D eigenvalue weighted by Gasteiger charge is -2.35. The maximum absolute atomic E-state index is 12.8. The number of carbonyl (C=O) groups excluding carboxylic acids is 3. The first-order valence-corrected chi connectivity index (χ1v) is 17.7.